The van der Waals surface area contributed by atoms with Crippen LogP contribution in [0.25, 0.3) is 0 Å². The van der Waals surface area contributed by atoms with Gasteiger partial charge in [-0.1, -0.05) is 30.3 Å². The number of benzene rings is 2. The third kappa shape index (κ3) is 3.57. The third-order valence-electron chi connectivity index (χ3n) is 7.17. The molecule has 0 amide bonds. The smallest absolute Gasteiger partial charge is 0.264 e. The summed E-state index contributed by atoms with van der Waals surface area (Å²) in [7, 11) is -3.68. The number of rotatable bonds is 5. The molecule has 5 rings (SSSR count). The fraction of sp³-hybridized carbons (Fsp3) is 0.500. The van der Waals surface area contributed by atoms with E-state index >= 15 is 0 Å². The van der Waals surface area contributed by atoms with Crippen LogP contribution in [0.2, 0.25) is 0 Å². The van der Waals surface area contributed by atoms with E-state index in [-0.39, 0.29) is 24.6 Å². The Labute approximate surface area is 184 Å². The van der Waals surface area contributed by atoms with Crippen molar-refractivity contribution in [2.45, 2.75) is 42.7 Å². The molecule has 6 nitrogen and oxygen atoms in total. The number of aliphatic hydroxyl groups is 1. The minimum atomic E-state index is -3.68. The fourth-order valence-electron chi connectivity index (χ4n) is 5.56. The first-order valence-corrected chi connectivity index (χ1v) is 12.6. The average Bonchev–Trinajstić information content (AvgIpc) is 2.78. The van der Waals surface area contributed by atoms with Crippen molar-refractivity contribution in [3.63, 3.8) is 0 Å². The number of nitrogens with zero attached hydrogens (tertiary/aromatic N) is 2. The summed E-state index contributed by atoms with van der Waals surface area (Å²) < 4.78 is 34.4. The maximum atomic E-state index is 13.7. The maximum Gasteiger partial charge on any atom is 0.264 e. The van der Waals surface area contributed by atoms with Crippen LogP contribution in [0.5, 0.6) is 0 Å². The first-order valence-electron chi connectivity index (χ1n) is 11.1. The largest absolute Gasteiger partial charge is 0.395 e. The first-order chi connectivity index (χ1) is 15.0. The van der Waals surface area contributed by atoms with Crippen LogP contribution < -0.4 is 4.31 Å². The number of fused-ring (bicyclic) bond motifs is 3. The number of sulfonamides is 1. The molecule has 0 spiro atoms. The molecule has 3 aliphatic heterocycles. The predicted molar refractivity (Wildman–Crippen MR) is 120 cm³/mol. The van der Waals surface area contributed by atoms with E-state index in [0.717, 1.165) is 49.4 Å². The second kappa shape index (κ2) is 8.20. The average molecular weight is 443 g/mol. The van der Waals surface area contributed by atoms with Gasteiger partial charge >= 0.3 is 0 Å². The number of aryl methyl sites for hydroxylation is 1. The van der Waals surface area contributed by atoms with Gasteiger partial charge in [-0.3, -0.25) is 9.21 Å². The summed E-state index contributed by atoms with van der Waals surface area (Å²) in [6.07, 6.45) is 2.04. The molecule has 166 valence electrons. The van der Waals surface area contributed by atoms with Gasteiger partial charge in [0.25, 0.3) is 10.0 Å². The van der Waals surface area contributed by atoms with Crippen LogP contribution in [-0.4, -0.2) is 63.4 Å². The van der Waals surface area contributed by atoms with Gasteiger partial charge in [0.2, 0.25) is 0 Å². The lowest BCUT2D eigenvalue weighted by atomic mass is 9.72. The van der Waals surface area contributed by atoms with Gasteiger partial charge in [0.05, 0.1) is 23.7 Å². The van der Waals surface area contributed by atoms with Crippen molar-refractivity contribution in [2.24, 2.45) is 5.92 Å². The molecule has 3 heterocycles. The molecule has 1 N–H and O–H groups in total. The van der Waals surface area contributed by atoms with Gasteiger partial charge in [0.1, 0.15) is 0 Å². The summed E-state index contributed by atoms with van der Waals surface area (Å²) in [6.45, 7) is 4.87. The number of para-hydroxylation sites is 1. The minimum Gasteiger partial charge on any atom is -0.395 e. The molecule has 0 bridgehead atoms. The van der Waals surface area contributed by atoms with Crippen molar-refractivity contribution in [1.82, 2.24) is 4.90 Å². The van der Waals surface area contributed by atoms with E-state index in [1.807, 2.05) is 37.3 Å². The topological polar surface area (TPSA) is 70.1 Å². The van der Waals surface area contributed by atoms with Crippen molar-refractivity contribution < 1.29 is 18.3 Å². The normalized spacial score (nSPS) is 26.8. The Bertz CT molecular complexity index is 1050. The number of aliphatic hydroxyl groups excluding tert-OH is 1. The zero-order chi connectivity index (χ0) is 21.6. The Hall–Kier alpha value is -1.93. The zero-order valence-corrected chi connectivity index (χ0v) is 18.7. The summed E-state index contributed by atoms with van der Waals surface area (Å²) in [5.41, 5.74) is 2.70. The Morgan fingerprint density at radius 1 is 1.10 bits per heavy atom. The Balaban J connectivity index is 1.50. The van der Waals surface area contributed by atoms with E-state index in [9.17, 15) is 13.5 Å². The molecule has 2 aromatic carbocycles. The van der Waals surface area contributed by atoms with Gasteiger partial charge in [0, 0.05) is 37.8 Å². The van der Waals surface area contributed by atoms with Gasteiger partial charge in [-0.25, -0.2) is 8.42 Å². The molecule has 2 fully saturated rings. The van der Waals surface area contributed by atoms with Crippen LogP contribution in [-0.2, 0) is 14.8 Å². The second-order valence-electron chi connectivity index (χ2n) is 9.01. The van der Waals surface area contributed by atoms with Gasteiger partial charge in [0.15, 0.2) is 0 Å². The molecule has 2 saturated heterocycles. The number of hydrogen-bond donors (Lipinski definition) is 1. The molecule has 0 unspecified atom stereocenters. The van der Waals surface area contributed by atoms with Crippen LogP contribution in [0.4, 0.5) is 5.69 Å². The number of likely N-dealkylation sites (tertiary alicyclic amines) is 1. The van der Waals surface area contributed by atoms with Gasteiger partial charge < -0.3 is 9.84 Å². The van der Waals surface area contributed by atoms with Gasteiger partial charge in [-0.05, 0) is 55.0 Å². The van der Waals surface area contributed by atoms with Crippen molar-refractivity contribution in [3.05, 3.63) is 59.7 Å². The Kier molecular flexibility index (Phi) is 5.54. The fourth-order valence-corrected chi connectivity index (χ4v) is 7.17. The molecule has 31 heavy (non-hydrogen) atoms. The summed E-state index contributed by atoms with van der Waals surface area (Å²) in [5, 5.41) is 10.2. The highest BCUT2D eigenvalue weighted by Crippen LogP contribution is 2.49. The van der Waals surface area contributed by atoms with Gasteiger partial charge in [-0.15, -0.1) is 0 Å². The van der Waals surface area contributed by atoms with Crippen LogP contribution in [0.1, 0.15) is 29.9 Å². The number of ether oxygens (including phenoxy) is 1. The highest BCUT2D eigenvalue weighted by atomic mass is 32.2. The summed E-state index contributed by atoms with van der Waals surface area (Å²) >= 11 is 0. The molecule has 3 atom stereocenters. The van der Waals surface area contributed by atoms with E-state index in [1.165, 1.54) is 0 Å². The maximum absolute atomic E-state index is 13.7. The quantitative estimate of drug-likeness (QED) is 0.771. The number of hydrogen-bond acceptors (Lipinski definition) is 5. The predicted octanol–water partition coefficient (Wildman–Crippen LogP) is 2.76. The van der Waals surface area contributed by atoms with Crippen LogP contribution in [0, 0.1) is 12.8 Å². The summed E-state index contributed by atoms with van der Waals surface area (Å²) in [5.74, 6) is 0.688. The molecule has 0 aliphatic carbocycles. The second-order valence-corrected chi connectivity index (χ2v) is 10.9. The van der Waals surface area contributed by atoms with E-state index in [4.69, 9.17) is 4.74 Å². The van der Waals surface area contributed by atoms with Crippen molar-refractivity contribution >= 4 is 15.7 Å². The summed E-state index contributed by atoms with van der Waals surface area (Å²) in [4.78, 5) is 2.67. The van der Waals surface area contributed by atoms with Crippen molar-refractivity contribution in [1.29, 1.82) is 0 Å². The Morgan fingerprint density at radius 3 is 2.61 bits per heavy atom. The molecule has 3 aliphatic rings. The van der Waals surface area contributed by atoms with Crippen LogP contribution >= 0.6 is 0 Å². The molecule has 7 heteroatoms. The highest BCUT2D eigenvalue weighted by molar-refractivity contribution is 7.92. The zero-order valence-electron chi connectivity index (χ0n) is 17.9. The molecule has 2 aromatic rings. The molecule has 0 aromatic heterocycles. The van der Waals surface area contributed by atoms with E-state index < -0.39 is 10.0 Å². The SMILES string of the molecule is Cc1cccc(S(=O)(=O)N2C[C@@H]3[C@@H](c4ccccc42)[C@H](CO)N3CC2CCOCC2)c1. The lowest BCUT2D eigenvalue weighted by molar-refractivity contribution is -0.0616. The van der Waals surface area contributed by atoms with E-state index in [1.54, 1.807) is 22.5 Å². The third-order valence-corrected chi connectivity index (χ3v) is 8.95. The van der Waals surface area contributed by atoms with Crippen LogP contribution in [0.15, 0.2) is 53.4 Å². The lowest BCUT2D eigenvalue weighted by Gasteiger charge is -2.59. The molecule has 0 radical (unpaired) electrons. The lowest BCUT2D eigenvalue weighted by Crippen LogP contribution is -2.69. The molecular weight excluding hydrogens is 412 g/mol. The Morgan fingerprint density at radius 2 is 1.87 bits per heavy atom. The van der Waals surface area contributed by atoms with Gasteiger partial charge in [-0.2, -0.15) is 0 Å². The minimum absolute atomic E-state index is 0.0396. The number of anilines is 1. The molecule has 0 saturated carbocycles. The summed E-state index contributed by atoms with van der Waals surface area (Å²) in [6, 6.07) is 15.0. The molecular formula is C24H30N2O4S. The van der Waals surface area contributed by atoms with Crippen molar-refractivity contribution in [3.8, 4) is 0 Å². The van der Waals surface area contributed by atoms with E-state index in [0.29, 0.717) is 17.4 Å². The standard InChI is InChI=1S/C24H30N2O4S/c1-17-5-4-6-19(13-17)31(28,29)26-15-22-24(20-7-2-3-8-21(20)26)23(16-27)25(22)14-18-9-11-30-12-10-18/h2-8,13,18,22-24,27H,9-12,14-16H2,1H3/t22-,23+,24-/m1/s1. The van der Waals surface area contributed by atoms with Crippen molar-refractivity contribution in [2.75, 3.05) is 37.2 Å². The van der Waals surface area contributed by atoms with E-state index in [2.05, 4.69) is 4.90 Å². The first kappa shape index (κ1) is 20.9. The monoisotopic (exact) mass is 442 g/mol. The van der Waals surface area contributed by atoms with Crippen LogP contribution in [0.3, 0.4) is 0 Å². The highest BCUT2D eigenvalue weighted by Gasteiger charge is 2.54.